The van der Waals surface area contributed by atoms with Crippen molar-refractivity contribution in [3.05, 3.63) is 64.7 Å². The van der Waals surface area contributed by atoms with Crippen LogP contribution in [-0.2, 0) is 0 Å². The Labute approximate surface area is 131 Å². The monoisotopic (exact) mass is 298 g/mol. The van der Waals surface area contributed by atoms with Crippen molar-refractivity contribution < 1.29 is 9.90 Å². The summed E-state index contributed by atoms with van der Waals surface area (Å²) in [6.07, 6.45) is -0.716. The molecule has 2 aromatic rings. The fourth-order valence-corrected chi connectivity index (χ4v) is 2.48. The summed E-state index contributed by atoms with van der Waals surface area (Å²) in [5.41, 5.74) is 4.77. The maximum atomic E-state index is 11.9. The van der Waals surface area contributed by atoms with Crippen LogP contribution < -0.4 is 10.6 Å². The summed E-state index contributed by atoms with van der Waals surface area (Å²) >= 11 is 0. The van der Waals surface area contributed by atoms with Gasteiger partial charge < -0.3 is 15.7 Å². The number of rotatable bonds is 4. The lowest BCUT2D eigenvalue weighted by atomic mass is 10.0. The number of carbonyl (C=O) groups is 1. The lowest BCUT2D eigenvalue weighted by Gasteiger charge is -2.15. The number of carbonyl (C=O) groups excluding carboxylic acids is 1. The Balaban J connectivity index is 1.91. The zero-order valence-corrected chi connectivity index (χ0v) is 13.2. The van der Waals surface area contributed by atoms with Gasteiger partial charge in [0, 0.05) is 12.2 Å². The Morgan fingerprint density at radius 3 is 2.36 bits per heavy atom. The first kappa shape index (κ1) is 16.0. The normalized spacial score (nSPS) is 11.8. The van der Waals surface area contributed by atoms with Gasteiger partial charge in [-0.2, -0.15) is 0 Å². The van der Waals surface area contributed by atoms with Crippen molar-refractivity contribution in [3.63, 3.8) is 0 Å². The summed E-state index contributed by atoms with van der Waals surface area (Å²) in [7, 11) is 0. The van der Waals surface area contributed by atoms with Crippen LogP contribution >= 0.6 is 0 Å². The molecule has 4 nitrogen and oxygen atoms in total. The minimum atomic E-state index is -0.716. The van der Waals surface area contributed by atoms with Crippen LogP contribution in [0.15, 0.2) is 42.5 Å². The molecular formula is C18H22N2O2. The highest BCUT2D eigenvalue weighted by molar-refractivity contribution is 5.89. The van der Waals surface area contributed by atoms with Crippen LogP contribution in [0.2, 0.25) is 0 Å². The van der Waals surface area contributed by atoms with E-state index in [1.54, 1.807) is 0 Å². The molecule has 116 valence electrons. The predicted octanol–water partition coefficient (Wildman–Crippen LogP) is 3.47. The van der Waals surface area contributed by atoms with E-state index in [0.717, 1.165) is 27.9 Å². The van der Waals surface area contributed by atoms with Gasteiger partial charge in [-0.15, -0.1) is 0 Å². The number of amides is 2. The van der Waals surface area contributed by atoms with Gasteiger partial charge in [0.15, 0.2) is 0 Å². The summed E-state index contributed by atoms with van der Waals surface area (Å²) < 4.78 is 0. The second-order valence-electron chi connectivity index (χ2n) is 5.58. The molecule has 0 aliphatic heterocycles. The number of nitrogens with one attached hydrogen (secondary N) is 2. The van der Waals surface area contributed by atoms with Crippen LogP contribution in [-0.4, -0.2) is 17.7 Å². The van der Waals surface area contributed by atoms with Crippen LogP contribution in [0.1, 0.15) is 28.4 Å². The van der Waals surface area contributed by atoms with Crippen LogP contribution in [0.3, 0.4) is 0 Å². The quantitative estimate of drug-likeness (QED) is 0.809. The highest BCUT2D eigenvalue weighted by Crippen LogP contribution is 2.16. The molecule has 0 aliphatic carbocycles. The predicted molar refractivity (Wildman–Crippen MR) is 89.1 cm³/mol. The molecule has 0 radical (unpaired) electrons. The molecule has 3 N–H and O–H groups in total. The van der Waals surface area contributed by atoms with E-state index in [-0.39, 0.29) is 12.6 Å². The summed E-state index contributed by atoms with van der Waals surface area (Å²) in [6, 6.07) is 13.1. The van der Waals surface area contributed by atoms with Gasteiger partial charge in [-0.3, -0.25) is 0 Å². The van der Waals surface area contributed by atoms with E-state index in [4.69, 9.17) is 0 Å². The van der Waals surface area contributed by atoms with E-state index in [0.29, 0.717) is 0 Å². The van der Waals surface area contributed by atoms with E-state index < -0.39 is 6.10 Å². The molecule has 0 saturated heterocycles. The molecule has 22 heavy (non-hydrogen) atoms. The van der Waals surface area contributed by atoms with E-state index >= 15 is 0 Å². The van der Waals surface area contributed by atoms with Crippen molar-refractivity contribution in [3.8, 4) is 0 Å². The third kappa shape index (κ3) is 4.33. The number of hydrogen-bond donors (Lipinski definition) is 3. The van der Waals surface area contributed by atoms with Gasteiger partial charge in [-0.25, -0.2) is 4.79 Å². The summed E-state index contributed by atoms with van der Waals surface area (Å²) in [5, 5.41) is 15.6. The Morgan fingerprint density at radius 1 is 1.09 bits per heavy atom. The Hall–Kier alpha value is -2.33. The number of aliphatic hydroxyl groups excluding tert-OH is 1. The fraction of sp³-hybridized carbons (Fsp3) is 0.278. The zero-order chi connectivity index (χ0) is 16.1. The number of urea groups is 1. The van der Waals surface area contributed by atoms with Crippen molar-refractivity contribution in [2.24, 2.45) is 0 Å². The van der Waals surface area contributed by atoms with Crippen LogP contribution in [0, 0.1) is 20.8 Å². The third-order valence-corrected chi connectivity index (χ3v) is 3.48. The van der Waals surface area contributed by atoms with Crippen molar-refractivity contribution in [1.82, 2.24) is 5.32 Å². The van der Waals surface area contributed by atoms with Gasteiger partial charge in [0.25, 0.3) is 0 Å². The maximum absolute atomic E-state index is 11.9. The van der Waals surface area contributed by atoms with Crippen molar-refractivity contribution >= 4 is 11.7 Å². The van der Waals surface area contributed by atoms with Gasteiger partial charge >= 0.3 is 6.03 Å². The molecule has 1 unspecified atom stereocenters. The highest BCUT2D eigenvalue weighted by atomic mass is 16.3. The number of aliphatic hydroxyl groups is 1. The molecule has 0 heterocycles. The number of hydrogen-bond acceptors (Lipinski definition) is 2. The topological polar surface area (TPSA) is 61.4 Å². The summed E-state index contributed by atoms with van der Waals surface area (Å²) in [6.45, 7) is 6.08. The summed E-state index contributed by atoms with van der Waals surface area (Å²) in [4.78, 5) is 11.9. The number of benzene rings is 2. The van der Waals surface area contributed by atoms with E-state index in [9.17, 15) is 9.90 Å². The van der Waals surface area contributed by atoms with Crippen LogP contribution in [0.4, 0.5) is 10.5 Å². The largest absolute Gasteiger partial charge is 0.387 e. The smallest absolute Gasteiger partial charge is 0.319 e. The van der Waals surface area contributed by atoms with E-state index in [1.165, 1.54) is 0 Å². The second-order valence-corrected chi connectivity index (χ2v) is 5.58. The average Bonchev–Trinajstić information content (AvgIpc) is 2.44. The molecular weight excluding hydrogens is 276 g/mol. The first-order valence-corrected chi connectivity index (χ1v) is 7.32. The first-order chi connectivity index (χ1) is 10.5. The Morgan fingerprint density at radius 2 is 1.73 bits per heavy atom. The van der Waals surface area contributed by atoms with Gasteiger partial charge in [0.05, 0.1) is 6.10 Å². The Kier molecular flexibility index (Phi) is 5.17. The van der Waals surface area contributed by atoms with Gasteiger partial charge in [0.2, 0.25) is 0 Å². The molecule has 1 atom stereocenters. The van der Waals surface area contributed by atoms with Gasteiger partial charge in [0.1, 0.15) is 0 Å². The molecule has 2 aromatic carbocycles. The van der Waals surface area contributed by atoms with E-state index in [2.05, 4.69) is 10.6 Å². The van der Waals surface area contributed by atoms with E-state index in [1.807, 2.05) is 63.2 Å². The molecule has 4 heteroatoms. The third-order valence-electron chi connectivity index (χ3n) is 3.48. The minimum absolute atomic E-state index is 0.168. The molecule has 2 amide bonds. The lowest BCUT2D eigenvalue weighted by molar-refractivity contribution is 0.174. The average molecular weight is 298 g/mol. The van der Waals surface area contributed by atoms with Crippen molar-refractivity contribution in [2.75, 3.05) is 11.9 Å². The lowest BCUT2D eigenvalue weighted by Crippen LogP contribution is -2.32. The molecule has 0 bridgehead atoms. The van der Waals surface area contributed by atoms with Crippen molar-refractivity contribution in [2.45, 2.75) is 26.9 Å². The molecule has 0 spiro atoms. The zero-order valence-electron chi connectivity index (χ0n) is 13.2. The van der Waals surface area contributed by atoms with Crippen molar-refractivity contribution in [1.29, 1.82) is 0 Å². The van der Waals surface area contributed by atoms with Crippen LogP contribution in [0.25, 0.3) is 0 Å². The molecule has 0 saturated carbocycles. The van der Waals surface area contributed by atoms with Crippen LogP contribution in [0.5, 0.6) is 0 Å². The minimum Gasteiger partial charge on any atom is -0.387 e. The highest BCUT2D eigenvalue weighted by Gasteiger charge is 2.11. The van der Waals surface area contributed by atoms with Gasteiger partial charge in [-0.1, -0.05) is 30.3 Å². The molecule has 0 aromatic heterocycles. The molecule has 0 fully saturated rings. The molecule has 2 rings (SSSR count). The first-order valence-electron chi connectivity index (χ1n) is 7.32. The molecule has 0 aliphatic rings. The maximum Gasteiger partial charge on any atom is 0.319 e. The fourth-order valence-electron chi connectivity index (χ4n) is 2.48. The number of anilines is 1. The SMILES string of the molecule is Cc1cc(C)cc(NC(=O)NCC(O)c2ccccc2C)c1. The Bertz CT molecular complexity index is 648. The summed E-state index contributed by atoms with van der Waals surface area (Å²) in [5.74, 6) is 0. The van der Waals surface area contributed by atoms with Gasteiger partial charge in [-0.05, 0) is 55.2 Å². The number of aryl methyl sites for hydroxylation is 3. The second kappa shape index (κ2) is 7.09. The standard InChI is InChI=1S/C18H22N2O2/c1-12-8-13(2)10-15(9-12)20-18(22)19-11-17(21)16-7-5-4-6-14(16)3/h4-10,17,21H,11H2,1-3H3,(H2,19,20,22).